The van der Waals surface area contributed by atoms with Crippen molar-refractivity contribution in [3.8, 4) is 0 Å². The van der Waals surface area contributed by atoms with Gasteiger partial charge in [0.15, 0.2) is 0 Å². The lowest BCUT2D eigenvalue weighted by Crippen LogP contribution is -2.32. The minimum atomic E-state index is -4.52. The molecule has 2 aromatic rings. The second kappa shape index (κ2) is 7.89. The van der Waals surface area contributed by atoms with Crippen LogP contribution < -0.4 is 5.32 Å². The maximum absolute atomic E-state index is 13.0. The van der Waals surface area contributed by atoms with Crippen LogP contribution in [0.25, 0.3) is 0 Å². The molecule has 0 saturated heterocycles. The molecule has 2 aromatic carbocycles. The number of para-hydroxylation sites is 1. The van der Waals surface area contributed by atoms with Crippen molar-refractivity contribution >= 4 is 23.2 Å². The van der Waals surface area contributed by atoms with Gasteiger partial charge in [-0.05, 0) is 43.8 Å². The average Bonchev–Trinajstić information content (AvgIpc) is 2.54. The van der Waals surface area contributed by atoms with Crippen LogP contribution in [-0.4, -0.2) is 24.4 Å². The van der Waals surface area contributed by atoms with Gasteiger partial charge in [-0.1, -0.05) is 35.9 Å². The lowest BCUT2D eigenvalue weighted by Gasteiger charge is -2.25. The number of amides is 1. The van der Waals surface area contributed by atoms with E-state index >= 15 is 0 Å². The zero-order valence-electron chi connectivity index (χ0n) is 13.8. The highest BCUT2D eigenvalue weighted by atomic mass is 35.5. The van der Waals surface area contributed by atoms with E-state index in [0.29, 0.717) is 5.02 Å². The van der Waals surface area contributed by atoms with E-state index in [1.807, 2.05) is 19.1 Å². The quantitative estimate of drug-likeness (QED) is 0.804. The van der Waals surface area contributed by atoms with Crippen LogP contribution in [0.2, 0.25) is 5.02 Å². The lowest BCUT2D eigenvalue weighted by atomic mass is 10.1. The van der Waals surface area contributed by atoms with E-state index < -0.39 is 17.6 Å². The third-order valence-corrected chi connectivity index (χ3v) is 4.17. The van der Waals surface area contributed by atoms with Crippen LogP contribution in [0.15, 0.2) is 48.5 Å². The third-order valence-electron chi connectivity index (χ3n) is 3.91. The second-order valence-corrected chi connectivity index (χ2v) is 6.17. The molecule has 0 aliphatic rings. The fraction of sp³-hybridized carbons (Fsp3) is 0.278. The summed E-state index contributed by atoms with van der Waals surface area (Å²) in [5.74, 6) is -0.514. The van der Waals surface area contributed by atoms with Crippen molar-refractivity contribution in [3.63, 3.8) is 0 Å². The molecule has 0 heterocycles. The van der Waals surface area contributed by atoms with E-state index in [1.165, 1.54) is 18.2 Å². The van der Waals surface area contributed by atoms with Gasteiger partial charge in [-0.25, -0.2) is 0 Å². The number of halogens is 4. The van der Waals surface area contributed by atoms with Crippen LogP contribution in [-0.2, 0) is 11.0 Å². The predicted octanol–water partition coefficient (Wildman–Crippen LogP) is 4.99. The monoisotopic (exact) mass is 370 g/mol. The van der Waals surface area contributed by atoms with Crippen molar-refractivity contribution in [2.24, 2.45) is 0 Å². The Balaban J connectivity index is 2.04. The van der Waals surface area contributed by atoms with Crippen LogP contribution in [0.1, 0.15) is 24.1 Å². The number of anilines is 1. The lowest BCUT2D eigenvalue weighted by molar-refractivity contribution is -0.137. The van der Waals surface area contributed by atoms with Gasteiger partial charge in [-0.3, -0.25) is 9.69 Å². The number of nitrogens with zero attached hydrogens (tertiary/aromatic N) is 1. The van der Waals surface area contributed by atoms with Gasteiger partial charge in [0.2, 0.25) is 5.91 Å². The fourth-order valence-corrected chi connectivity index (χ4v) is 2.51. The molecular formula is C18H18ClF3N2O. The molecule has 0 saturated carbocycles. The standard InChI is InChI=1S/C18H18ClF3N2O/c1-12(13-7-9-14(19)10-8-13)24(2)11-17(25)23-16-6-4-3-5-15(16)18(20,21)22/h3-10,12H,11H2,1-2H3,(H,23,25)/t12-/m1/s1. The van der Waals surface area contributed by atoms with Gasteiger partial charge < -0.3 is 5.32 Å². The minimum absolute atomic E-state index is 0.0457. The van der Waals surface area contributed by atoms with Gasteiger partial charge in [-0.15, -0.1) is 0 Å². The molecule has 0 unspecified atom stereocenters. The maximum atomic E-state index is 13.0. The summed E-state index contributed by atoms with van der Waals surface area (Å²) in [6.45, 7) is 1.86. The summed E-state index contributed by atoms with van der Waals surface area (Å²) >= 11 is 5.85. The Morgan fingerprint density at radius 2 is 1.76 bits per heavy atom. The van der Waals surface area contributed by atoms with Gasteiger partial charge in [0, 0.05) is 11.1 Å². The molecule has 0 aliphatic heterocycles. The van der Waals surface area contributed by atoms with Crippen LogP contribution >= 0.6 is 11.6 Å². The third kappa shape index (κ3) is 5.21. The predicted molar refractivity (Wildman–Crippen MR) is 92.6 cm³/mol. The Morgan fingerprint density at radius 1 is 1.16 bits per heavy atom. The summed E-state index contributed by atoms with van der Waals surface area (Å²) in [5, 5.41) is 2.95. The zero-order valence-corrected chi connectivity index (χ0v) is 14.5. The summed E-state index contributed by atoms with van der Waals surface area (Å²) in [4.78, 5) is 13.9. The number of alkyl halides is 3. The number of benzene rings is 2. The van der Waals surface area contributed by atoms with Gasteiger partial charge in [0.1, 0.15) is 0 Å². The maximum Gasteiger partial charge on any atom is 0.418 e. The highest BCUT2D eigenvalue weighted by molar-refractivity contribution is 6.30. The van der Waals surface area contributed by atoms with E-state index in [9.17, 15) is 18.0 Å². The highest BCUT2D eigenvalue weighted by Crippen LogP contribution is 2.34. The van der Waals surface area contributed by atoms with Gasteiger partial charge >= 0.3 is 6.18 Å². The molecular weight excluding hydrogens is 353 g/mol. The van der Waals surface area contributed by atoms with Crippen molar-refractivity contribution in [2.45, 2.75) is 19.1 Å². The summed E-state index contributed by atoms with van der Waals surface area (Å²) in [5.41, 5.74) is -0.153. The minimum Gasteiger partial charge on any atom is -0.324 e. The SMILES string of the molecule is C[C@H](c1ccc(Cl)cc1)N(C)CC(=O)Nc1ccccc1C(F)(F)F. The van der Waals surface area contributed by atoms with Gasteiger partial charge in [0.05, 0.1) is 17.8 Å². The molecule has 1 N–H and O–H groups in total. The van der Waals surface area contributed by atoms with Crippen LogP contribution in [0.3, 0.4) is 0 Å². The second-order valence-electron chi connectivity index (χ2n) is 5.73. The normalized spacial score (nSPS) is 12.9. The summed E-state index contributed by atoms with van der Waals surface area (Å²) in [6.07, 6.45) is -4.52. The first-order valence-electron chi connectivity index (χ1n) is 7.60. The largest absolute Gasteiger partial charge is 0.418 e. The highest BCUT2D eigenvalue weighted by Gasteiger charge is 2.33. The number of nitrogens with one attached hydrogen (secondary N) is 1. The van der Waals surface area contributed by atoms with Gasteiger partial charge in [-0.2, -0.15) is 13.2 Å². The molecule has 0 fully saturated rings. The van der Waals surface area contributed by atoms with Crippen molar-refractivity contribution in [1.82, 2.24) is 4.90 Å². The average molecular weight is 371 g/mol. The molecule has 3 nitrogen and oxygen atoms in total. The molecule has 25 heavy (non-hydrogen) atoms. The first-order chi connectivity index (χ1) is 11.7. The van der Waals surface area contributed by atoms with Crippen molar-refractivity contribution in [2.75, 3.05) is 18.9 Å². The number of carbonyl (C=O) groups is 1. The first-order valence-corrected chi connectivity index (χ1v) is 7.98. The van der Waals surface area contributed by atoms with E-state index in [-0.39, 0.29) is 18.3 Å². The molecule has 0 aliphatic carbocycles. The number of likely N-dealkylation sites (N-methyl/N-ethyl adjacent to an activating group) is 1. The summed E-state index contributed by atoms with van der Waals surface area (Å²) in [7, 11) is 1.73. The van der Waals surface area contributed by atoms with Crippen molar-refractivity contribution < 1.29 is 18.0 Å². The fourth-order valence-electron chi connectivity index (χ4n) is 2.39. The molecule has 0 aromatic heterocycles. The number of hydrogen-bond donors (Lipinski definition) is 1. The molecule has 1 atom stereocenters. The first kappa shape index (κ1) is 19.3. The molecule has 0 radical (unpaired) electrons. The summed E-state index contributed by atoms with van der Waals surface area (Å²) < 4.78 is 38.9. The van der Waals surface area contributed by atoms with Crippen molar-refractivity contribution in [3.05, 3.63) is 64.7 Å². The molecule has 134 valence electrons. The Morgan fingerprint density at radius 3 is 2.36 bits per heavy atom. The Labute approximate surface area is 149 Å². The molecule has 1 amide bonds. The van der Waals surface area contributed by atoms with Crippen LogP contribution in [0, 0.1) is 0 Å². The van der Waals surface area contributed by atoms with Crippen LogP contribution in [0.5, 0.6) is 0 Å². The smallest absolute Gasteiger partial charge is 0.324 e. The molecule has 0 spiro atoms. The Kier molecular flexibility index (Phi) is 6.08. The van der Waals surface area contributed by atoms with Crippen LogP contribution in [0.4, 0.5) is 18.9 Å². The van der Waals surface area contributed by atoms with E-state index in [1.54, 1.807) is 24.1 Å². The Bertz CT molecular complexity index is 732. The molecule has 2 rings (SSSR count). The van der Waals surface area contributed by atoms with Gasteiger partial charge in [0.25, 0.3) is 0 Å². The number of hydrogen-bond acceptors (Lipinski definition) is 2. The zero-order chi connectivity index (χ0) is 18.6. The Hall–Kier alpha value is -2.05. The molecule has 0 bridgehead atoms. The summed E-state index contributed by atoms with van der Waals surface area (Å²) in [6, 6.07) is 12.0. The van der Waals surface area contributed by atoms with E-state index in [2.05, 4.69) is 5.32 Å². The number of rotatable bonds is 5. The van der Waals surface area contributed by atoms with Crippen molar-refractivity contribution in [1.29, 1.82) is 0 Å². The molecule has 7 heteroatoms. The topological polar surface area (TPSA) is 32.3 Å². The van der Waals surface area contributed by atoms with E-state index in [0.717, 1.165) is 11.6 Å². The van der Waals surface area contributed by atoms with E-state index in [4.69, 9.17) is 11.6 Å². The number of carbonyl (C=O) groups excluding carboxylic acids is 1.